The lowest BCUT2D eigenvalue weighted by Gasteiger charge is -2.25. The first-order valence-corrected chi connectivity index (χ1v) is 12.7. The van der Waals surface area contributed by atoms with Gasteiger partial charge in [0, 0.05) is 41.3 Å². The first-order chi connectivity index (χ1) is 19.3. The van der Waals surface area contributed by atoms with Gasteiger partial charge >= 0.3 is 0 Å². The molecule has 4 aromatic rings. The number of likely N-dealkylation sites (tertiary alicyclic amines) is 1. The second kappa shape index (κ2) is 10.9. The number of aliphatic hydroxyl groups is 1. The number of amides is 1. The number of Topliss-reactive ketones (excluding diaryl/α,β-unsaturated/α-hetero) is 1. The van der Waals surface area contributed by atoms with Crippen LogP contribution >= 0.6 is 0 Å². The Kier molecular flexibility index (Phi) is 7.24. The third-order valence-corrected chi connectivity index (χ3v) is 6.97. The Morgan fingerprint density at radius 2 is 1.82 bits per heavy atom. The number of nitro benzene ring substituents is 1. The molecule has 1 amide bonds. The second-order valence-corrected chi connectivity index (χ2v) is 9.28. The molecule has 10 nitrogen and oxygen atoms in total. The SMILES string of the molecule is CCOc1ccc(C(O)=C2C(=O)C(=O)N(CCc3c[nH]c4ccc(OC)cc34)[C@H]2c2cccc([N+](=O)[O-])c2)cc1. The van der Waals surface area contributed by atoms with Crippen molar-refractivity contribution in [2.45, 2.75) is 19.4 Å². The molecule has 0 saturated carbocycles. The van der Waals surface area contributed by atoms with Crippen LogP contribution in [0, 0.1) is 10.1 Å². The summed E-state index contributed by atoms with van der Waals surface area (Å²) in [7, 11) is 1.58. The van der Waals surface area contributed by atoms with E-state index in [2.05, 4.69) is 4.98 Å². The third-order valence-electron chi connectivity index (χ3n) is 6.97. The van der Waals surface area contributed by atoms with Gasteiger partial charge in [0.25, 0.3) is 17.4 Å². The average Bonchev–Trinajstić information content (AvgIpc) is 3.49. The molecule has 0 aliphatic carbocycles. The summed E-state index contributed by atoms with van der Waals surface area (Å²) in [6, 6.07) is 16.9. The number of nitro groups is 1. The van der Waals surface area contributed by atoms with Crippen molar-refractivity contribution in [3.05, 3.63) is 105 Å². The van der Waals surface area contributed by atoms with Crippen LogP contribution in [0.2, 0.25) is 0 Å². The van der Waals surface area contributed by atoms with Gasteiger partial charge in [0.15, 0.2) is 0 Å². The number of aromatic amines is 1. The topological polar surface area (TPSA) is 135 Å². The van der Waals surface area contributed by atoms with Crippen LogP contribution in [0.3, 0.4) is 0 Å². The molecule has 1 fully saturated rings. The lowest BCUT2D eigenvalue weighted by Crippen LogP contribution is -2.31. The molecule has 1 atom stereocenters. The number of fused-ring (bicyclic) bond motifs is 1. The zero-order valence-electron chi connectivity index (χ0n) is 21.9. The number of benzene rings is 3. The number of carbonyl (C=O) groups is 2. The van der Waals surface area contributed by atoms with Gasteiger partial charge in [-0.05, 0) is 66.9 Å². The van der Waals surface area contributed by atoms with Crippen molar-refractivity contribution in [2.75, 3.05) is 20.3 Å². The summed E-state index contributed by atoms with van der Waals surface area (Å²) in [5.41, 5.74) is 2.15. The number of non-ortho nitro benzene ring substituents is 1. The van der Waals surface area contributed by atoms with Gasteiger partial charge in [0.05, 0.1) is 30.3 Å². The maximum absolute atomic E-state index is 13.4. The van der Waals surface area contributed by atoms with Gasteiger partial charge in [-0.1, -0.05) is 12.1 Å². The van der Waals surface area contributed by atoms with E-state index in [0.29, 0.717) is 35.7 Å². The Morgan fingerprint density at radius 1 is 1.07 bits per heavy atom. The molecule has 0 bridgehead atoms. The number of ketones is 1. The molecule has 3 aromatic carbocycles. The standard InChI is InChI=1S/C30H27N3O7/c1-3-40-22-9-7-18(8-10-22)28(34)26-27(19-5-4-6-21(15-19)33(37)38)32(30(36)29(26)35)14-13-20-17-31-25-12-11-23(39-2)16-24(20)25/h4-12,15-17,27,31,34H,3,13-14H2,1-2H3/t27-/m0/s1. The summed E-state index contributed by atoms with van der Waals surface area (Å²) in [6.07, 6.45) is 2.22. The van der Waals surface area contributed by atoms with Crippen LogP contribution in [0.1, 0.15) is 29.7 Å². The summed E-state index contributed by atoms with van der Waals surface area (Å²) in [4.78, 5) is 42.3. The number of methoxy groups -OCH3 is 1. The zero-order chi connectivity index (χ0) is 28.4. The highest BCUT2D eigenvalue weighted by molar-refractivity contribution is 6.46. The molecular formula is C30H27N3O7. The molecule has 1 aliphatic heterocycles. The van der Waals surface area contributed by atoms with E-state index in [1.165, 1.54) is 23.1 Å². The maximum atomic E-state index is 13.4. The van der Waals surface area contributed by atoms with E-state index in [4.69, 9.17) is 9.47 Å². The fourth-order valence-electron chi connectivity index (χ4n) is 5.03. The minimum atomic E-state index is -1.02. The van der Waals surface area contributed by atoms with Gasteiger partial charge in [-0.3, -0.25) is 19.7 Å². The fraction of sp³-hybridized carbons (Fsp3) is 0.200. The van der Waals surface area contributed by atoms with Crippen molar-refractivity contribution >= 4 is 34.0 Å². The molecule has 204 valence electrons. The Hall–Kier alpha value is -5.12. The predicted octanol–water partition coefficient (Wildman–Crippen LogP) is 5.15. The first kappa shape index (κ1) is 26.5. The number of carbonyl (C=O) groups excluding carboxylic acids is 2. The van der Waals surface area contributed by atoms with Gasteiger partial charge < -0.3 is 24.5 Å². The Balaban J connectivity index is 1.56. The van der Waals surface area contributed by atoms with Crippen LogP contribution in [0.5, 0.6) is 11.5 Å². The van der Waals surface area contributed by atoms with E-state index in [1.54, 1.807) is 37.4 Å². The number of ether oxygens (including phenoxy) is 2. The maximum Gasteiger partial charge on any atom is 0.295 e. The van der Waals surface area contributed by atoms with Crippen LogP contribution in [0.15, 0.2) is 78.5 Å². The fourth-order valence-corrected chi connectivity index (χ4v) is 5.03. The molecule has 10 heteroatoms. The number of nitrogens with one attached hydrogen (secondary N) is 1. The molecular weight excluding hydrogens is 514 g/mol. The van der Waals surface area contributed by atoms with Crippen LogP contribution in [-0.4, -0.2) is 51.9 Å². The van der Waals surface area contributed by atoms with E-state index in [1.807, 2.05) is 31.3 Å². The molecule has 0 unspecified atom stereocenters. The zero-order valence-corrected chi connectivity index (χ0v) is 21.9. The second-order valence-electron chi connectivity index (χ2n) is 9.28. The molecule has 5 rings (SSSR count). The Labute approximate surface area is 229 Å². The summed E-state index contributed by atoms with van der Waals surface area (Å²) in [6.45, 7) is 2.44. The van der Waals surface area contributed by atoms with Gasteiger partial charge in [-0.15, -0.1) is 0 Å². The van der Waals surface area contributed by atoms with Gasteiger partial charge in [0.2, 0.25) is 0 Å². The summed E-state index contributed by atoms with van der Waals surface area (Å²) >= 11 is 0. The number of aliphatic hydroxyl groups excluding tert-OH is 1. The van der Waals surface area contributed by atoms with Crippen LogP contribution in [0.4, 0.5) is 5.69 Å². The van der Waals surface area contributed by atoms with Gasteiger partial charge in [0.1, 0.15) is 17.3 Å². The molecule has 1 saturated heterocycles. The molecule has 1 aromatic heterocycles. The first-order valence-electron chi connectivity index (χ1n) is 12.7. The molecule has 2 heterocycles. The number of hydrogen-bond donors (Lipinski definition) is 2. The van der Waals surface area contributed by atoms with Crippen LogP contribution in [-0.2, 0) is 16.0 Å². The average molecular weight is 542 g/mol. The third kappa shape index (κ3) is 4.86. The van der Waals surface area contributed by atoms with Crippen molar-refractivity contribution < 1.29 is 29.1 Å². The highest BCUT2D eigenvalue weighted by Gasteiger charge is 2.46. The molecule has 2 N–H and O–H groups in total. The minimum absolute atomic E-state index is 0.127. The van der Waals surface area contributed by atoms with Crippen molar-refractivity contribution in [1.82, 2.24) is 9.88 Å². The van der Waals surface area contributed by atoms with E-state index < -0.39 is 22.7 Å². The largest absolute Gasteiger partial charge is 0.507 e. The number of hydrogen-bond acceptors (Lipinski definition) is 7. The Morgan fingerprint density at radius 3 is 2.52 bits per heavy atom. The van der Waals surface area contributed by atoms with Gasteiger partial charge in [-0.2, -0.15) is 0 Å². The van der Waals surface area contributed by atoms with E-state index >= 15 is 0 Å². The van der Waals surface area contributed by atoms with E-state index in [9.17, 15) is 24.8 Å². The lowest BCUT2D eigenvalue weighted by atomic mass is 9.95. The normalized spacial score (nSPS) is 16.4. The number of H-pyrrole nitrogens is 1. The molecule has 40 heavy (non-hydrogen) atoms. The highest BCUT2D eigenvalue weighted by atomic mass is 16.6. The van der Waals surface area contributed by atoms with Crippen molar-refractivity contribution in [3.63, 3.8) is 0 Å². The van der Waals surface area contributed by atoms with E-state index in [-0.39, 0.29) is 23.6 Å². The van der Waals surface area contributed by atoms with Crippen molar-refractivity contribution in [3.8, 4) is 11.5 Å². The smallest absolute Gasteiger partial charge is 0.295 e. The quantitative estimate of drug-likeness (QED) is 0.0984. The summed E-state index contributed by atoms with van der Waals surface area (Å²) < 4.78 is 10.8. The minimum Gasteiger partial charge on any atom is -0.507 e. The number of nitrogens with zero attached hydrogens (tertiary/aromatic N) is 2. The molecule has 1 aliphatic rings. The predicted molar refractivity (Wildman–Crippen MR) is 148 cm³/mol. The highest BCUT2D eigenvalue weighted by Crippen LogP contribution is 2.40. The van der Waals surface area contributed by atoms with Crippen molar-refractivity contribution in [2.24, 2.45) is 0 Å². The lowest BCUT2D eigenvalue weighted by molar-refractivity contribution is -0.384. The molecule has 0 spiro atoms. The van der Waals surface area contributed by atoms with Crippen LogP contribution < -0.4 is 9.47 Å². The Bertz CT molecular complexity index is 1640. The van der Waals surface area contributed by atoms with Crippen LogP contribution in [0.25, 0.3) is 16.7 Å². The molecule has 0 radical (unpaired) electrons. The van der Waals surface area contributed by atoms with Gasteiger partial charge in [-0.25, -0.2) is 0 Å². The number of rotatable bonds is 9. The summed E-state index contributed by atoms with van der Waals surface area (Å²) in [5, 5.41) is 23.7. The summed E-state index contributed by atoms with van der Waals surface area (Å²) in [5.74, 6) is -0.743. The van der Waals surface area contributed by atoms with Crippen molar-refractivity contribution in [1.29, 1.82) is 0 Å². The number of aromatic nitrogens is 1. The van der Waals surface area contributed by atoms with E-state index in [0.717, 1.165) is 16.5 Å². The monoisotopic (exact) mass is 541 g/mol.